The van der Waals surface area contributed by atoms with Crippen LogP contribution in [0.15, 0.2) is 24.3 Å². The quantitative estimate of drug-likeness (QED) is 0.692. The van der Waals surface area contributed by atoms with Crippen LogP contribution in [0.4, 0.5) is 0 Å². The van der Waals surface area contributed by atoms with Crippen molar-refractivity contribution >= 4 is 11.6 Å². The molecule has 0 radical (unpaired) electrons. The number of nitrogens with one attached hydrogen (secondary N) is 1. The van der Waals surface area contributed by atoms with Crippen LogP contribution < -0.4 is 5.32 Å². The van der Waals surface area contributed by atoms with E-state index in [1.54, 1.807) is 0 Å². The molecule has 0 aromatic heterocycles. The molecule has 0 saturated heterocycles. The van der Waals surface area contributed by atoms with Crippen molar-refractivity contribution in [1.29, 1.82) is 0 Å². The van der Waals surface area contributed by atoms with Gasteiger partial charge in [0.25, 0.3) is 0 Å². The fraction of sp³-hybridized carbons (Fsp3) is 0.647. The maximum Gasteiger partial charge on any atom is 0.0408 e. The maximum absolute atomic E-state index is 6.15. The van der Waals surface area contributed by atoms with E-state index in [2.05, 4.69) is 30.4 Å². The minimum absolute atomic E-state index is 0.619. The zero-order chi connectivity index (χ0) is 13.5. The maximum atomic E-state index is 6.15. The Morgan fingerprint density at radius 3 is 2.79 bits per heavy atom. The molecule has 0 heterocycles. The first-order valence-corrected chi connectivity index (χ1v) is 8.13. The zero-order valence-corrected chi connectivity index (χ0v) is 12.8. The Bertz CT molecular complexity index is 371. The Morgan fingerprint density at radius 2 is 2.11 bits per heavy atom. The standard InChI is InChI=1S/C17H26ClN/c1-2-10-19-13-16(11-14-6-3-4-7-14)15-8-5-9-17(18)12-15/h5,8-9,12,14,16,19H,2-4,6-7,10-11,13H2,1H3. The van der Waals surface area contributed by atoms with E-state index in [9.17, 15) is 0 Å². The summed E-state index contributed by atoms with van der Waals surface area (Å²) in [6, 6.07) is 8.43. The van der Waals surface area contributed by atoms with Crippen LogP contribution in [0.1, 0.15) is 56.9 Å². The Balaban J connectivity index is 1.99. The topological polar surface area (TPSA) is 12.0 Å². The third-order valence-corrected chi connectivity index (χ3v) is 4.47. The van der Waals surface area contributed by atoms with Gasteiger partial charge >= 0.3 is 0 Å². The fourth-order valence-electron chi connectivity index (χ4n) is 3.20. The largest absolute Gasteiger partial charge is 0.316 e. The molecule has 106 valence electrons. The van der Waals surface area contributed by atoms with Gasteiger partial charge in [0.1, 0.15) is 0 Å². The number of hydrogen-bond donors (Lipinski definition) is 1. The van der Waals surface area contributed by atoms with Gasteiger partial charge in [-0.05, 0) is 48.9 Å². The molecule has 0 bridgehead atoms. The summed E-state index contributed by atoms with van der Waals surface area (Å²) >= 11 is 6.15. The van der Waals surface area contributed by atoms with Crippen LogP contribution in [-0.2, 0) is 0 Å². The molecular formula is C17H26ClN. The molecule has 1 atom stereocenters. The van der Waals surface area contributed by atoms with Gasteiger partial charge in [0, 0.05) is 11.6 Å². The Morgan fingerprint density at radius 1 is 1.32 bits per heavy atom. The molecule has 1 nitrogen and oxygen atoms in total. The second-order valence-corrected chi connectivity index (χ2v) is 6.28. The van der Waals surface area contributed by atoms with Gasteiger partial charge in [-0.25, -0.2) is 0 Å². The van der Waals surface area contributed by atoms with Crippen molar-refractivity contribution in [2.24, 2.45) is 5.92 Å². The summed E-state index contributed by atoms with van der Waals surface area (Å²) in [5, 5.41) is 4.45. The molecule has 1 N–H and O–H groups in total. The van der Waals surface area contributed by atoms with E-state index in [0.29, 0.717) is 5.92 Å². The Hall–Kier alpha value is -0.530. The Kier molecular flexibility index (Phi) is 6.19. The molecule has 0 amide bonds. The van der Waals surface area contributed by atoms with Crippen molar-refractivity contribution in [2.75, 3.05) is 13.1 Å². The van der Waals surface area contributed by atoms with E-state index in [0.717, 1.165) is 24.0 Å². The van der Waals surface area contributed by atoms with Crippen LogP contribution >= 0.6 is 11.6 Å². The third kappa shape index (κ3) is 4.81. The van der Waals surface area contributed by atoms with E-state index in [1.165, 1.54) is 44.1 Å². The molecular weight excluding hydrogens is 254 g/mol. The lowest BCUT2D eigenvalue weighted by Crippen LogP contribution is -2.23. The lowest BCUT2D eigenvalue weighted by Gasteiger charge is -2.22. The van der Waals surface area contributed by atoms with Crippen LogP contribution in [0.2, 0.25) is 5.02 Å². The van der Waals surface area contributed by atoms with E-state index in [1.807, 2.05) is 6.07 Å². The molecule has 2 rings (SSSR count). The lowest BCUT2D eigenvalue weighted by atomic mass is 9.88. The molecule has 1 unspecified atom stereocenters. The fourth-order valence-corrected chi connectivity index (χ4v) is 3.40. The van der Waals surface area contributed by atoms with Crippen LogP contribution in [-0.4, -0.2) is 13.1 Å². The number of benzene rings is 1. The zero-order valence-electron chi connectivity index (χ0n) is 12.0. The summed E-state index contributed by atoms with van der Waals surface area (Å²) in [4.78, 5) is 0. The normalized spacial score (nSPS) is 17.8. The minimum atomic E-state index is 0.619. The van der Waals surface area contributed by atoms with E-state index < -0.39 is 0 Å². The molecule has 1 aliphatic rings. The van der Waals surface area contributed by atoms with Gasteiger partial charge in [-0.1, -0.05) is 56.3 Å². The van der Waals surface area contributed by atoms with E-state index >= 15 is 0 Å². The second-order valence-electron chi connectivity index (χ2n) is 5.84. The lowest BCUT2D eigenvalue weighted by molar-refractivity contribution is 0.427. The molecule has 1 aromatic carbocycles. The first-order chi connectivity index (χ1) is 9.29. The highest BCUT2D eigenvalue weighted by Crippen LogP contribution is 2.34. The van der Waals surface area contributed by atoms with Gasteiger partial charge in [-0.3, -0.25) is 0 Å². The van der Waals surface area contributed by atoms with E-state index in [4.69, 9.17) is 11.6 Å². The third-order valence-electron chi connectivity index (χ3n) is 4.23. The molecule has 0 spiro atoms. The average molecular weight is 280 g/mol. The van der Waals surface area contributed by atoms with Crippen molar-refractivity contribution < 1.29 is 0 Å². The minimum Gasteiger partial charge on any atom is -0.316 e. The molecule has 1 fully saturated rings. The average Bonchev–Trinajstić information content (AvgIpc) is 2.91. The highest BCUT2D eigenvalue weighted by atomic mass is 35.5. The summed E-state index contributed by atoms with van der Waals surface area (Å²) in [5.41, 5.74) is 1.41. The molecule has 0 aliphatic heterocycles. The summed E-state index contributed by atoms with van der Waals surface area (Å²) in [6.07, 6.45) is 8.21. The number of halogens is 1. The van der Waals surface area contributed by atoms with Gasteiger partial charge < -0.3 is 5.32 Å². The van der Waals surface area contributed by atoms with Crippen molar-refractivity contribution in [3.8, 4) is 0 Å². The predicted octanol–water partition coefficient (Wildman–Crippen LogP) is 5.00. The number of rotatable bonds is 7. The van der Waals surface area contributed by atoms with Crippen LogP contribution in [0.3, 0.4) is 0 Å². The van der Waals surface area contributed by atoms with Gasteiger partial charge in [0.05, 0.1) is 0 Å². The van der Waals surface area contributed by atoms with Gasteiger partial charge in [-0.2, -0.15) is 0 Å². The SMILES string of the molecule is CCCNCC(CC1CCCC1)c1cccc(Cl)c1. The predicted molar refractivity (Wildman–Crippen MR) is 83.9 cm³/mol. The summed E-state index contributed by atoms with van der Waals surface area (Å²) in [7, 11) is 0. The number of hydrogen-bond acceptors (Lipinski definition) is 1. The molecule has 1 aromatic rings. The Labute approximate surface area is 122 Å². The first kappa shape index (κ1) is 14.9. The smallest absolute Gasteiger partial charge is 0.0408 e. The van der Waals surface area contributed by atoms with Crippen LogP contribution in [0.25, 0.3) is 0 Å². The van der Waals surface area contributed by atoms with Gasteiger partial charge in [0.2, 0.25) is 0 Å². The summed E-state index contributed by atoms with van der Waals surface area (Å²) in [5.74, 6) is 1.54. The van der Waals surface area contributed by atoms with Crippen molar-refractivity contribution in [3.63, 3.8) is 0 Å². The van der Waals surface area contributed by atoms with Crippen molar-refractivity contribution in [2.45, 2.75) is 51.4 Å². The molecule has 19 heavy (non-hydrogen) atoms. The van der Waals surface area contributed by atoms with Crippen molar-refractivity contribution in [1.82, 2.24) is 5.32 Å². The monoisotopic (exact) mass is 279 g/mol. The summed E-state index contributed by atoms with van der Waals surface area (Å²) < 4.78 is 0. The van der Waals surface area contributed by atoms with Crippen LogP contribution in [0, 0.1) is 5.92 Å². The highest BCUT2D eigenvalue weighted by Gasteiger charge is 2.21. The molecule has 1 saturated carbocycles. The van der Waals surface area contributed by atoms with Gasteiger partial charge in [-0.15, -0.1) is 0 Å². The molecule has 2 heteroatoms. The van der Waals surface area contributed by atoms with Crippen LogP contribution in [0.5, 0.6) is 0 Å². The summed E-state index contributed by atoms with van der Waals surface area (Å²) in [6.45, 7) is 4.42. The highest BCUT2D eigenvalue weighted by molar-refractivity contribution is 6.30. The van der Waals surface area contributed by atoms with E-state index in [-0.39, 0.29) is 0 Å². The van der Waals surface area contributed by atoms with Gasteiger partial charge in [0.15, 0.2) is 0 Å². The first-order valence-electron chi connectivity index (χ1n) is 7.75. The second kappa shape index (κ2) is 7.91. The van der Waals surface area contributed by atoms with Crippen molar-refractivity contribution in [3.05, 3.63) is 34.9 Å². The molecule has 1 aliphatic carbocycles.